The Morgan fingerprint density at radius 2 is 1.84 bits per heavy atom. The minimum absolute atomic E-state index is 0.271. The van der Waals surface area contributed by atoms with Crippen LogP contribution >= 0.6 is 0 Å². The highest BCUT2D eigenvalue weighted by molar-refractivity contribution is 6.07. The smallest absolute Gasteiger partial charge is 0.354 e. The Morgan fingerprint density at radius 3 is 2.60 bits per heavy atom. The van der Waals surface area contributed by atoms with Gasteiger partial charge in [0, 0.05) is 36.9 Å². The third kappa shape index (κ3) is 2.71. The van der Waals surface area contributed by atoms with Crippen molar-refractivity contribution < 1.29 is 9.90 Å². The summed E-state index contributed by atoms with van der Waals surface area (Å²) in [6.07, 6.45) is 2.45. The molecule has 1 aromatic heterocycles. The summed E-state index contributed by atoms with van der Waals surface area (Å²) in [6, 6.07) is 15.9. The number of carboxylic acid groups (broad SMARTS) is 1. The molecule has 0 atom stereocenters. The molecule has 5 nitrogen and oxygen atoms in total. The van der Waals surface area contributed by atoms with Crippen LogP contribution in [0, 0.1) is 0 Å². The molecule has 0 unspecified atom stereocenters. The van der Waals surface area contributed by atoms with Crippen LogP contribution in [-0.4, -0.2) is 28.7 Å². The highest BCUT2D eigenvalue weighted by atomic mass is 16.4. The number of para-hydroxylation sites is 1. The molecule has 3 aromatic rings. The van der Waals surface area contributed by atoms with Crippen LogP contribution in [0.4, 0.5) is 17.1 Å². The van der Waals surface area contributed by atoms with Crippen molar-refractivity contribution in [3.05, 3.63) is 54.2 Å². The molecule has 4 rings (SSSR count). The second-order valence-electron chi connectivity index (χ2n) is 6.47. The molecule has 2 aromatic carbocycles. The number of rotatable bonds is 4. The van der Waals surface area contributed by atoms with Crippen LogP contribution in [0.1, 0.15) is 23.3 Å². The Labute approximate surface area is 146 Å². The Kier molecular flexibility index (Phi) is 3.84. The number of carbonyl (C=O) groups is 1. The standard InChI is InChI=1S/C20H21N3O2/c1-22-17-10-3-2-9-16(17)18(19(22)20(24)25)21-14-7-6-8-15(13-14)23-11-4-5-12-23/h2-3,6-10,13,21H,4-5,11-12H2,1H3,(H,24,25). The third-order valence-corrected chi connectivity index (χ3v) is 4.90. The number of nitrogens with zero attached hydrogens (tertiary/aromatic N) is 2. The summed E-state index contributed by atoms with van der Waals surface area (Å²) >= 11 is 0. The molecular formula is C20H21N3O2. The van der Waals surface area contributed by atoms with Crippen LogP contribution < -0.4 is 10.2 Å². The van der Waals surface area contributed by atoms with Gasteiger partial charge in [-0.05, 0) is 37.1 Å². The zero-order chi connectivity index (χ0) is 17.4. The van der Waals surface area contributed by atoms with Crippen molar-refractivity contribution >= 4 is 33.9 Å². The largest absolute Gasteiger partial charge is 0.477 e. The van der Waals surface area contributed by atoms with E-state index in [1.165, 1.54) is 18.5 Å². The van der Waals surface area contributed by atoms with Crippen LogP contribution in [0.2, 0.25) is 0 Å². The molecule has 25 heavy (non-hydrogen) atoms. The molecule has 2 heterocycles. The molecule has 0 aliphatic carbocycles. The summed E-state index contributed by atoms with van der Waals surface area (Å²) in [7, 11) is 1.79. The number of fused-ring (bicyclic) bond motifs is 1. The van der Waals surface area contributed by atoms with Gasteiger partial charge >= 0.3 is 5.97 Å². The molecule has 128 valence electrons. The van der Waals surface area contributed by atoms with Crippen molar-refractivity contribution in [3.8, 4) is 0 Å². The monoisotopic (exact) mass is 335 g/mol. The fourth-order valence-corrected chi connectivity index (χ4v) is 3.67. The average Bonchev–Trinajstić information content (AvgIpc) is 3.23. The van der Waals surface area contributed by atoms with E-state index in [2.05, 4.69) is 22.3 Å². The van der Waals surface area contributed by atoms with Crippen molar-refractivity contribution in [3.63, 3.8) is 0 Å². The van der Waals surface area contributed by atoms with E-state index >= 15 is 0 Å². The van der Waals surface area contributed by atoms with E-state index in [1.54, 1.807) is 11.6 Å². The number of hydrogen-bond donors (Lipinski definition) is 2. The lowest BCUT2D eigenvalue weighted by Gasteiger charge is -2.18. The summed E-state index contributed by atoms with van der Waals surface area (Å²) in [5.41, 5.74) is 3.90. The van der Waals surface area contributed by atoms with Gasteiger partial charge in [0.1, 0.15) is 0 Å². The van der Waals surface area contributed by atoms with Gasteiger partial charge in [0.2, 0.25) is 0 Å². The Morgan fingerprint density at radius 1 is 1.08 bits per heavy atom. The van der Waals surface area contributed by atoms with E-state index in [-0.39, 0.29) is 5.69 Å². The predicted octanol–water partition coefficient (Wildman–Crippen LogP) is 4.22. The number of aromatic carboxylic acids is 1. The van der Waals surface area contributed by atoms with Gasteiger partial charge in [-0.2, -0.15) is 0 Å². The number of aryl methyl sites for hydroxylation is 1. The minimum atomic E-state index is -0.933. The molecule has 1 aliphatic heterocycles. The molecule has 0 amide bonds. The maximum Gasteiger partial charge on any atom is 0.354 e. The average molecular weight is 335 g/mol. The second kappa shape index (κ2) is 6.16. The summed E-state index contributed by atoms with van der Waals surface area (Å²) < 4.78 is 1.73. The summed E-state index contributed by atoms with van der Waals surface area (Å²) in [4.78, 5) is 14.2. The zero-order valence-electron chi connectivity index (χ0n) is 14.2. The maximum absolute atomic E-state index is 11.8. The van der Waals surface area contributed by atoms with E-state index in [0.717, 1.165) is 29.7 Å². The van der Waals surface area contributed by atoms with Gasteiger partial charge in [-0.15, -0.1) is 0 Å². The number of carboxylic acids is 1. The quantitative estimate of drug-likeness (QED) is 0.749. The highest BCUT2D eigenvalue weighted by Crippen LogP contribution is 2.34. The van der Waals surface area contributed by atoms with E-state index in [9.17, 15) is 9.90 Å². The lowest BCUT2D eigenvalue weighted by atomic mass is 10.2. The third-order valence-electron chi connectivity index (χ3n) is 4.90. The lowest BCUT2D eigenvalue weighted by Crippen LogP contribution is -2.17. The van der Waals surface area contributed by atoms with E-state index in [1.807, 2.05) is 36.4 Å². The van der Waals surface area contributed by atoms with E-state index in [0.29, 0.717) is 5.69 Å². The number of hydrogen-bond acceptors (Lipinski definition) is 3. The van der Waals surface area contributed by atoms with E-state index in [4.69, 9.17) is 0 Å². The fourth-order valence-electron chi connectivity index (χ4n) is 3.67. The SMILES string of the molecule is Cn1c(C(=O)O)c(Nc2cccc(N3CCCC3)c2)c2ccccc21. The highest BCUT2D eigenvalue weighted by Gasteiger charge is 2.21. The Balaban J connectivity index is 1.77. The number of aromatic nitrogens is 1. The van der Waals surface area contributed by atoms with Gasteiger partial charge in [0.15, 0.2) is 5.69 Å². The lowest BCUT2D eigenvalue weighted by molar-refractivity contribution is 0.0688. The predicted molar refractivity (Wildman–Crippen MR) is 101 cm³/mol. The van der Waals surface area contributed by atoms with Crippen LogP contribution in [0.15, 0.2) is 48.5 Å². The van der Waals surface area contributed by atoms with Crippen LogP contribution in [0.25, 0.3) is 10.9 Å². The first-order valence-electron chi connectivity index (χ1n) is 8.58. The van der Waals surface area contributed by atoms with Gasteiger partial charge < -0.3 is 19.9 Å². The molecule has 5 heteroatoms. The number of anilines is 3. The number of nitrogens with one attached hydrogen (secondary N) is 1. The zero-order valence-corrected chi connectivity index (χ0v) is 14.2. The molecule has 1 saturated heterocycles. The van der Waals surface area contributed by atoms with Crippen molar-refractivity contribution in [1.82, 2.24) is 4.57 Å². The molecule has 0 radical (unpaired) electrons. The van der Waals surface area contributed by atoms with Crippen molar-refractivity contribution in [2.45, 2.75) is 12.8 Å². The van der Waals surface area contributed by atoms with Crippen LogP contribution in [0.5, 0.6) is 0 Å². The van der Waals surface area contributed by atoms with Gasteiger partial charge in [0.25, 0.3) is 0 Å². The van der Waals surface area contributed by atoms with Gasteiger partial charge in [-0.1, -0.05) is 24.3 Å². The van der Waals surface area contributed by atoms with Gasteiger partial charge in [-0.3, -0.25) is 0 Å². The van der Waals surface area contributed by atoms with Crippen molar-refractivity contribution in [2.75, 3.05) is 23.3 Å². The van der Waals surface area contributed by atoms with E-state index < -0.39 is 5.97 Å². The van der Waals surface area contributed by atoms with Crippen molar-refractivity contribution in [2.24, 2.45) is 7.05 Å². The molecular weight excluding hydrogens is 314 g/mol. The summed E-state index contributed by atoms with van der Waals surface area (Å²) in [6.45, 7) is 2.16. The van der Waals surface area contributed by atoms with Crippen molar-refractivity contribution in [1.29, 1.82) is 0 Å². The first-order chi connectivity index (χ1) is 12.1. The Bertz CT molecular complexity index is 939. The normalized spacial score (nSPS) is 14.2. The maximum atomic E-state index is 11.8. The minimum Gasteiger partial charge on any atom is -0.477 e. The molecule has 0 saturated carbocycles. The first kappa shape index (κ1) is 15.6. The topological polar surface area (TPSA) is 57.5 Å². The van der Waals surface area contributed by atoms with Crippen LogP contribution in [-0.2, 0) is 7.05 Å². The summed E-state index contributed by atoms with van der Waals surface area (Å²) in [5.74, 6) is -0.933. The second-order valence-corrected chi connectivity index (χ2v) is 6.47. The molecule has 2 N–H and O–H groups in total. The van der Waals surface area contributed by atoms with Crippen LogP contribution in [0.3, 0.4) is 0 Å². The Hall–Kier alpha value is -2.95. The molecule has 0 bridgehead atoms. The van der Waals surface area contributed by atoms with Gasteiger partial charge in [0.05, 0.1) is 11.2 Å². The fraction of sp³-hybridized carbons (Fsp3) is 0.250. The molecule has 1 aliphatic rings. The number of benzene rings is 2. The molecule has 0 spiro atoms. The summed E-state index contributed by atoms with van der Waals surface area (Å²) in [5, 5.41) is 13.9. The first-order valence-corrected chi connectivity index (χ1v) is 8.58. The van der Waals surface area contributed by atoms with Gasteiger partial charge in [-0.25, -0.2) is 4.79 Å². The molecule has 1 fully saturated rings.